The molecule has 0 saturated heterocycles. The summed E-state index contributed by atoms with van der Waals surface area (Å²) in [5.41, 5.74) is 0. The Labute approximate surface area is 134 Å². The molecule has 110 valence electrons. The van der Waals surface area contributed by atoms with E-state index in [1.165, 1.54) is 41.6 Å². The summed E-state index contributed by atoms with van der Waals surface area (Å²) in [6.07, 6.45) is 7.11. The molecule has 1 heterocycles. The van der Waals surface area contributed by atoms with Gasteiger partial charge in [-0.3, -0.25) is 0 Å². The van der Waals surface area contributed by atoms with E-state index in [1.54, 1.807) is 6.42 Å². The van der Waals surface area contributed by atoms with Crippen LogP contribution < -0.4 is 5.32 Å². The molecule has 1 aromatic heterocycles. The number of thiophene rings is 1. The lowest BCUT2D eigenvalue weighted by Gasteiger charge is -2.21. The van der Waals surface area contributed by atoms with Crippen molar-refractivity contribution in [3.63, 3.8) is 0 Å². The zero-order valence-electron chi connectivity index (χ0n) is 12.1. The number of fused-ring (bicyclic) bond motifs is 5. The summed E-state index contributed by atoms with van der Waals surface area (Å²) >= 11 is 5.63. The normalized spacial score (nSPS) is 39.0. The molecule has 0 radical (unpaired) electrons. The van der Waals surface area contributed by atoms with Crippen molar-refractivity contribution in [1.82, 2.24) is 5.32 Å². The molecule has 5 atom stereocenters. The Hall–Kier alpha value is 0.140. The van der Waals surface area contributed by atoms with Crippen LogP contribution in [0.25, 0.3) is 0 Å². The van der Waals surface area contributed by atoms with Gasteiger partial charge < -0.3 is 5.32 Å². The second-order valence-corrected chi connectivity index (χ2v) is 8.88. The molecule has 5 unspecified atom stereocenters. The maximum absolute atomic E-state index is 3.88. The lowest BCUT2D eigenvalue weighted by Crippen LogP contribution is -2.35. The van der Waals surface area contributed by atoms with Gasteiger partial charge in [0.05, 0.1) is 0 Å². The van der Waals surface area contributed by atoms with Crippen LogP contribution in [0.3, 0.4) is 0 Å². The van der Waals surface area contributed by atoms with Crippen LogP contribution in [0.2, 0.25) is 0 Å². The Morgan fingerprint density at radius 2 is 2.10 bits per heavy atom. The summed E-state index contributed by atoms with van der Waals surface area (Å²) in [5.74, 6) is 5.34. The van der Waals surface area contributed by atoms with E-state index in [9.17, 15) is 0 Å². The third kappa shape index (κ3) is 2.21. The second kappa shape index (κ2) is 5.40. The maximum Gasteiger partial charge on any atom is 0.0314 e. The molecule has 4 rings (SSSR count). The van der Waals surface area contributed by atoms with E-state index in [1.807, 2.05) is 11.3 Å². The maximum atomic E-state index is 3.88. The van der Waals surface area contributed by atoms with Crippen LogP contribution in [-0.4, -0.2) is 12.6 Å². The SMILES string of the molecule is CCCNC(Cc1sccc1Br)C1C2C3CCC(C3)C21. The van der Waals surface area contributed by atoms with Crippen molar-refractivity contribution in [2.45, 2.75) is 45.1 Å². The van der Waals surface area contributed by atoms with Gasteiger partial charge in [-0.2, -0.15) is 0 Å². The average molecular weight is 354 g/mol. The van der Waals surface area contributed by atoms with Gasteiger partial charge in [0, 0.05) is 15.4 Å². The highest BCUT2D eigenvalue weighted by molar-refractivity contribution is 9.10. The molecular weight excluding hydrogens is 330 g/mol. The number of rotatable bonds is 6. The van der Waals surface area contributed by atoms with Crippen molar-refractivity contribution >= 4 is 27.3 Å². The van der Waals surface area contributed by atoms with Crippen molar-refractivity contribution in [2.24, 2.45) is 29.6 Å². The lowest BCUT2D eigenvalue weighted by atomic mass is 9.95. The first-order valence-electron chi connectivity index (χ1n) is 8.24. The quantitative estimate of drug-likeness (QED) is 0.780. The van der Waals surface area contributed by atoms with Crippen LogP contribution in [0.1, 0.15) is 37.5 Å². The molecular formula is C17H24BrNS. The fourth-order valence-electron chi connectivity index (χ4n) is 5.27. The van der Waals surface area contributed by atoms with E-state index in [-0.39, 0.29) is 0 Å². The Bertz CT molecular complexity index is 469. The summed E-state index contributed by atoms with van der Waals surface area (Å²) < 4.78 is 1.32. The monoisotopic (exact) mass is 353 g/mol. The van der Waals surface area contributed by atoms with Gasteiger partial charge >= 0.3 is 0 Å². The van der Waals surface area contributed by atoms with Gasteiger partial charge in [-0.1, -0.05) is 6.92 Å². The van der Waals surface area contributed by atoms with Gasteiger partial charge in [0.1, 0.15) is 0 Å². The van der Waals surface area contributed by atoms with Gasteiger partial charge in [0.2, 0.25) is 0 Å². The first-order chi connectivity index (χ1) is 9.79. The van der Waals surface area contributed by atoms with Crippen molar-refractivity contribution in [2.75, 3.05) is 6.54 Å². The van der Waals surface area contributed by atoms with Crippen LogP contribution in [0.15, 0.2) is 15.9 Å². The van der Waals surface area contributed by atoms with Crippen molar-refractivity contribution in [3.8, 4) is 0 Å². The molecule has 0 amide bonds. The third-order valence-corrected chi connectivity index (χ3v) is 7.96. The third-order valence-electron chi connectivity index (χ3n) is 6.01. The molecule has 1 nitrogen and oxygen atoms in total. The van der Waals surface area contributed by atoms with E-state index in [4.69, 9.17) is 0 Å². The minimum Gasteiger partial charge on any atom is -0.313 e. The van der Waals surface area contributed by atoms with E-state index in [0.717, 1.165) is 35.6 Å². The van der Waals surface area contributed by atoms with Gasteiger partial charge in [-0.05, 0) is 95.6 Å². The first-order valence-corrected chi connectivity index (χ1v) is 9.92. The highest BCUT2D eigenvalue weighted by atomic mass is 79.9. The standard InChI is InChI=1S/C17H24BrNS/c1-2-6-19-13(9-14-12(18)5-7-20-14)17-15-10-3-4-11(8-10)16(15)17/h5,7,10-11,13,15-17,19H,2-4,6,8-9H2,1H3. The zero-order valence-corrected chi connectivity index (χ0v) is 14.6. The molecule has 3 saturated carbocycles. The predicted molar refractivity (Wildman–Crippen MR) is 89.1 cm³/mol. The lowest BCUT2D eigenvalue weighted by molar-refractivity contribution is 0.362. The van der Waals surface area contributed by atoms with Gasteiger partial charge in [-0.15, -0.1) is 11.3 Å². The summed E-state index contributed by atoms with van der Waals surface area (Å²) in [6.45, 7) is 3.46. The van der Waals surface area contributed by atoms with Gasteiger partial charge in [0.15, 0.2) is 0 Å². The number of nitrogens with one attached hydrogen (secondary N) is 1. The Balaban J connectivity index is 1.48. The number of hydrogen-bond acceptors (Lipinski definition) is 2. The van der Waals surface area contributed by atoms with Crippen molar-refractivity contribution in [1.29, 1.82) is 0 Å². The van der Waals surface area contributed by atoms with E-state index in [2.05, 4.69) is 39.6 Å². The van der Waals surface area contributed by atoms with Gasteiger partial charge in [-0.25, -0.2) is 0 Å². The molecule has 20 heavy (non-hydrogen) atoms. The fraction of sp³-hybridized carbons (Fsp3) is 0.765. The second-order valence-electron chi connectivity index (χ2n) is 7.02. The highest BCUT2D eigenvalue weighted by Gasteiger charge is 2.66. The molecule has 1 aromatic rings. The Morgan fingerprint density at radius 1 is 1.35 bits per heavy atom. The van der Waals surface area contributed by atoms with Crippen LogP contribution >= 0.6 is 27.3 Å². The van der Waals surface area contributed by atoms with Gasteiger partial charge in [0.25, 0.3) is 0 Å². The molecule has 3 fully saturated rings. The molecule has 0 aromatic carbocycles. The fourth-order valence-corrected chi connectivity index (χ4v) is 6.85. The summed E-state index contributed by atoms with van der Waals surface area (Å²) in [6, 6.07) is 2.93. The van der Waals surface area contributed by atoms with E-state index >= 15 is 0 Å². The molecule has 3 aliphatic carbocycles. The average Bonchev–Trinajstić information content (AvgIpc) is 2.79. The van der Waals surface area contributed by atoms with Crippen LogP contribution in [0, 0.1) is 29.6 Å². The van der Waals surface area contributed by atoms with E-state index < -0.39 is 0 Å². The van der Waals surface area contributed by atoms with Crippen LogP contribution in [-0.2, 0) is 6.42 Å². The Morgan fingerprint density at radius 3 is 2.70 bits per heavy atom. The number of hydrogen-bond donors (Lipinski definition) is 1. The molecule has 2 bridgehead atoms. The highest BCUT2D eigenvalue weighted by Crippen LogP contribution is 2.70. The minimum absolute atomic E-state index is 0.725. The van der Waals surface area contributed by atoms with Crippen LogP contribution in [0.4, 0.5) is 0 Å². The Kier molecular flexibility index (Phi) is 3.72. The summed E-state index contributed by atoms with van der Waals surface area (Å²) in [7, 11) is 0. The topological polar surface area (TPSA) is 12.0 Å². The van der Waals surface area contributed by atoms with Crippen LogP contribution in [0.5, 0.6) is 0 Å². The first kappa shape index (κ1) is 13.8. The molecule has 0 spiro atoms. The molecule has 0 aliphatic heterocycles. The molecule has 1 N–H and O–H groups in total. The number of halogens is 1. The van der Waals surface area contributed by atoms with Crippen molar-refractivity contribution < 1.29 is 0 Å². The molecule has 3 aliphatic rings. The predicted octanol–water partition coefficient (Wildman–Crippen LogP) is 4.71. The smallest absolute Gasteiger partial charge is 0.0314 e. The van der Waals surface area contributed by atoms with E-state index in [0.29, 0.717) is 0 Å². The zero-order chi connectivity index (χ0) is 13.7. The summed E-state index contributed by atoms with van der Waals surface area (Å²) in [4.78, 5) is 1.54. The summed E-state index contributed by atoms with van der Waals surface area (Å²) in [5, 5.41) is 6.10. The largest absolute Gasteiger partial charge is 0.313 e. The minimum atomic E-state index is 0.725. The molecule has 3 heteroatoms. The van der Waals surface area contributed by atoms with Crippen molar-refractivity contribution in [3.05, 3.63) is 20.8 Å².